The molecule has 0 aliphatic carbocycles. The summed E-state index contributed by atoms with van der Waals surface area (Å²) in [5, 5.41) is 8.95. The predicted molar refractivity (Wildman–Crippen MR) is 98.4 cm³/mol. The van der Waals surface area contributed by atoms with E-state index in [1.807, 2.05) is 36.4 Å². The monoisotopic (exact) mass is 363 g/mol. The molecule has 136 valence electrons. The first-order valence-electron chi connectivity index (χ1n) is 8.40. The maximum Gasteiger partial charge on any atom is 0.355 e. The summed E-state index contributed by atoms with van der Waals surface area (Å²) in [5.41, 5.74) is 2.00. The van der Waals surface area contributed by atoms with Crippen LogP contribution in [0, 0.1) is 0 Å². The summed E-state index contributed by atoms with van der Waals surface area (Å²) in [5.74, 6) is 0.827. The van der Waals surface area contributed by atoms with E-state index in [0.717, 1.165) is 22.2 Å². The van der Waals surface area contributed by atoms with E-state index in [-0.39, 0.29) is 5.89 Å². The molecule has 2 aromatic heterocycles. The smallest absolute Gasteiger partial charge is 0.355 e. The normalized spacial score (nSPS) is 12.1. The average molecular weight is 363 g/mol. The van der Waals surface area contributed by atoms with Gasteiger partial charge in [0.25, 0.3) is 5.89 Å². The summed E-state index contributed by atoms with van der Waals surface area (Å²) in [4.78, 5) is 15.4. The van der Waals surface area contributed by atoms with E-state index in [4.69, 9.17) is 13.9 Å². The summed E-state index contributed by atoms with van der Waals surface area (Å²) < 4.78 is 16.2. The second-order valence-corrected chi connectivity index (χ2v) is 5.99. The van der Waals surface area contributed by atoms with Gasteiger partial charge in [0.2, 0.25) is 5.89 Å². The molecule has 2 aromatic carbocycles. The van der Waals surface area contributed by atoms with Gasteiger partial charge in [0, 0.05) is 16.5 Å². The molecule has 0 saturated heterocycles. The van der Waals surface area contributed by atoms with Gasteiger partial charge >= 0.3 is 5.97 Å². The number of hydrogen-bond donors (Lipinski definition) is 1. The van der Waals surface area contributed by atoms with Crippen molar-refractivity contribution in [3.8, 4) is 17.2 Å². The lowest BCUT2D eigenvalue weighted by molar-refractivity contribution is 0.0274. The van der Waals surface area contributed by atoms with E-state index in [1.54, 1.807) is 32.2 Å². The van der Waals surface area contributed by atoms with Crippen LogP contribution in [0.1, 0.15) is 29.4 Å². The molecule has 0 aliphatic heterocycles. The molecule has 1 atom stereocenters. The van der Waals surface area contributed by atoms with Crippen LogP contribution in [0.3, 0.4) is 0 Å². The Kier molecular flexibility index (Phi) is 4.33. The number of aromatic amines is 1. The first kappa shape index (κ1) is 16.8. The number of carbonyl (C=O) groups excluding carboxylic acids is 1. The number of fused-ring (bicyclic) bond motifs is 1. The van der Waals surface area contributed by atoms with E-state index < -0.39 is 12.1 Å². The van der Waals surface area contributed by atoms with Gasteiger partial charge in [-0.3, -0.25) is 0 Å². The van der Waals surface area contributed by atoms with Crippen LogP contribution in [0.5, 0.6) is 5.75 Å². The van der Waals surface area contributed by atoms with Gasteiger partial charge < -0.3 is 18.9 Å². The summed E-state index contributed by atoms with van der Waals surface area (Å²) in [6, 6.07) is 16.6. The standard InChI is InChI=1S/C20H17N3O4/c1-12(26-20(24)17-11-14-5-3-4-6-16(14)21-17)18-22-23-19(27-18)13-7-9-15(25-2)10-8-13/h3-12,21H,1-2H3/t12-/m1/s1. The van der Waals surface area contributed by atoms with Crippen molar-refractivity contribution in [2.45, 2.75) is 13.0 Å². The zero-order valence-corrected chi connectivity index (χ0v) is 14.8. The van der Waals surface area contributed by atoms with E-state index in [2.05, 4.69) is 15.2 Å². The minimum absolute atomic E-state index is 0.227. The number of hydrogen-bond acceptors (Lipinski definition) is 6. The minimum atomic E-state index is -0.677. The first-order valence-corrected chi connectivity index (χ1v) is 8.40. The van der Waals surface area contributed by atoms with Crippen LogP contribution in [0.2, 0.25) is 0 Å². The fourth-order valence-electron chi connectivity index (χ4n) is 2.71. The molecule has 0 saturated carbocycles. The van der Waals surface area contributed by atoms with Gasteiger partial charge in [-0.2, -0.15) is 0 Å². The van der Waals surface area contributed by atoms with Crippen molar-refractivity contribution in [1.29, 1.82) is 0 Å². The molecule has 0 bridgehead atoms. The van der Waals surface area contributed by atoms with Crippen molar-refractivity contribution in [2.75, 3.05) is 7.11 Å². The Morgan fingerprint density at radius 1 is 1.11 bits per heavy atom. The third-order valence-corrected chi connectivity index (χ3v) is 4.16. The molecule has 0 unspecified atom stereocenters. The largest absolute Gasteiger partial charge is 0.497 e. The zero-order valence-electron chi connectivity index (χ0n) is 14.8. The van der Waals surface area contributed by atoms with E-state index in [0.29, 0.717) is 11.6 Å². The second-order valence-electron chi connectivity index (χ2n) is 5.99. The Hall–Kier alpha value is -3.61. The van der Waals surface area contributed by atoms with Crippen molar-refractivity contribution in [3.63, 3.8) is 0 Å². The Bertz CT molecular complexity index is 1050. The molecule has 7 nitrogen and oxygen atoms in total. The molecule has 0 spiro atoms. The second kappa shape index (κ2) is 6.95. The summed E-state index contributed by atoms with van der Waals surface area (Å²) in [6.07, 6.45) is -0.677. The van der Waals surface area contributed by atoms with Crippen LogP contribution in [0.4, 0.5) is 0 Å². The molecule has 0 aliphatic rings. The predicted octanol–water partition coefficient (Wildman–Crippen LogP) is 4.14. The van der Waals surface area contributed by atoms with Gasteiger partial charge in [-0.05, 0) is 43.3 Å². The van der Waals surface area contributed by atoms with Gasteiger partial charge in [-0.1, -0.05) is 18.2 Å². The fourth-order valence-corrected chi connectivity index (χ4v) is 2.71. The third-order valence-electron chi connectivity index (χ3n) is 4.16. The molecule has 0 radical (unpaired) electrons. The number of methoxy groups -OCH3 is 1. The number of nitrogens with zero attached hydrogens (tertiary/aromatic N) is 2. The van der Waals surface area contributed by atoms with E-state index in [1.165, 1.54) is 0 Å². The number of H-pyrrole nitrogens is 1. The topological polar surface area (TPSA) is 90.2 Å². The zero-order chi connectivity index (χ0) is 18.8. The molecule has 0 amide bonds. The third kappa shape index (κ3) is 3.39. The number of ether oxygens (including phenoxy) is 2. The lowest BCUT2D eigenvalue weighted by Crippen LogP contribution is -2.09. The average Bonchev–Trinajstić information content (AvgIpc) is 3.35. The Morgan fingerprint density at radius 2 is 1.89 bits per heavy atom. The van der Waals surface area contributed by atoms with Crippen molar-refractivity contribution in [1.82, 2.24) is 15.2 Å². The van der Waals surface area contributed by atoms with Crippen molar-refractivity contribution in [2.24, 2.45) is 0 Å². The molecule has 4 rings (SSSR count). The number of para-hydroxylation sites is 1. The van der Waals surface area contributed by atoms with Crippen LogP contribution in [-0.2, 0) is 4.74 Å². The highest BCUT2D eigenvalue weighted by Gasteiger charge is 2.21. The molecular weight excluding hydrogens is 346 g/mol. The van der Waals surface area contributed by atoms with Crippen LogP contribution in [-0.4, -0.2) is 28.3 Å². The fraction of sp³-hybridized carbons (Fsp3) is 0.150. The number of rotatable bonds is 5. The van der Waals surface area contributed by atoms with Crippen LogP contribution in [0.25, 0.3) is 22.4 Å². The van der Waals surface area contributed by atoms with Gasteiger partial charge in [-0.25, -0.2) is 4.79 Å². The van der Waals surface area contributed by atoms with Crippen LogP contribution in [0.15, 0.2) is 59.0 Å². The highest BCUT2D eigenvalue weighted by Crippen LogP contribution is 2.25. The molecule has 7 heteroatoms. The molecule has 27 heavy (non-hydrogen) atoms. The maximum atomic E-state index is 12.4. The van der Waals surface area contributed by atoms with E-state index >= 15 is 0 Å². The maximum absolute atomic E-state index is 12.4. The quantitative estimate of drug-likeness (QED) is 0.536. The summed E-state index contributed by atoms with van der Waals surface area (Å²) >= 11 is 0. The van der Waals surface area contributed by atoms with Crippen molar-refractivity contribution >= 4 is 16.9 Å². The molecule has 4 aromatic rings. The Labute approximate surface area is 154 Å². The number of carbonyl (C=O) groups is 1. The highest BCUT2D eigenvalue weighted by atomic mass is 16.6. The van der Waals surface area contributed by atoms with Gasteiger partial charge in [0.05, 0.1) is 7.11 Å². The van der Waals surface area contributed by atoms with Gasteiger partial charge in [-0.15, -0.1) is 10.2 Å². The number of aromatic nitrogens is 3. The van der Waals surface area contributed by atoms with Gasteiger partial charge in [0.1, 0.15) is 11.4 Å². The van der Waals surface area contributed by atoms with E-state index in [9.17, 15) is 4.79 Å². The molecule has 1 N–H and O–H groups in total. The SMILES string of the molecule is COc1ccc(-c2nnc([C@@H](C)OC(=O)c3cc4ccccc4[nH]3)o2)cc1. The van der Waals surface area contributed by atoms with Gasteiger partial charge in [0.15, 0.2) is 6.10 Å². The lowest BCUT2D eigenvalue weighted by atomic mass is 10.2. The number of nitrogens with one attached hydrogen (secondary N) is 1. The van der Waals surface area contributed by atoms with Crippen LogP contribution < -0.4 is 4.74 Å². The van der Waals surface area contributed by atoms with Crippen LogP contribution >= 0.6 is 0 Å². The number of benzene rings is 2. The lowest BCUT2D eigenvalue weighted by Gasteiger charge is -2.08. The Balaban J connectivity index is 1.48. The minimum Gasteiger partial charge on any atom is -0.497 e. The molecule has 0 fully saturated rings. The highest BCUT2D eigenvalue weighted by molar-refractivity contribution is 5.94. The number of esters is 1. The first-order chi connectivity index (χ1) is 13.1. The Morgan fingerprint density at radius 3 is 2.63 bits per heavy atom. The molecule has 2 heterocycles. The summed E-state index contributed by atoms with van der Waals surface area (Å²) in [7, 11) is 1.60. The molecular formula is C20H17N3O4. The van der Waals surface area contributed by atoms with Crippen molar-refractivity contribution in [3.05, 3.63) is 66.2 Å². The summed E-state index contributed by atoms with van der Waals surface area (Å²) in [6.45, 7) is 1.69. The van der Waals surface area contributed by atoms with Crippen molar-refractivity contribution < 1.29 is 18.7 Å².